The Morgan fingerprint density at radius 2 is 1.71 bits per heavy atom. The van der Waals surface area contributed by atoms with Gasteiger partial charge in [-0.15, -0.1) is 0 Å². The highest BCUT2D eigenvalue weighted by atomic mass is 79.9. The molecule has 0 bridgehead atoms. The molecule has 0 saturated carbocycles. The molecule has 1 amide bonds. The van der Waals surface area contributed by atoms with E-state index in [0.717, 1.165) is 32.5 Å². The summed E-state index contributed by atoms with van der Waals surface area (Å²) in [6, 6.07) is 19.7. The van der Waals surface area contributed by atoms with Gasteiger partial charge >= 0.3 is 0 Å². The Morgan fingerprint density at radius 3 is 2.45 bits per heavy atom. The van der Waals surface area contributed by atoms with Crippen LogP contribution in [0.1, 0.15) is 23.6 Å². The lowest BCUT2D eigenvalue weighted by molar-refractivity contribution is -0.118. The molecule has 0 aliphatic rings. The molecule has 5 nitrogen and oxygen atoms in total. The fourth-order valence-electron chi connectivity index (χ4n) is 3.02. The normalized spacial score (nSPS) is 10.5. The fraction of sp³-hybridized carbons (Fsp3) is 0.240. The van der Waals surface area contributed by atoms with Crippen molar-refractivity contribution in [2.45, 2.75) is 27.3 Å². The van der Waals surface area contributed by atoms with Crippen LogP contribution in [0.2, 0.25) is 0 Å². The van der Waals surface area contributed by atoms with E-state index >= 15 is 0 Å². The number of nitrogens with one attached hydrogen (secondary N) is 2. The van der Waals surface area contributed by atoms with Crippen molar-refractivity contribution in [3.05, 3.63) is 81.8 Å². The summed E-state index contributed by atoms with van der Waals surface area (Å²) < 4.78 is 12.5. The lowest BCUT2D eigenvalue weighted by atomic mass is 10.1. The van der Waals surface area contributed by atoms with E-state index in [0.29, 0.717) is 24.7 Å². The van der Waals surface area contributed by atoms with Gasteiger partial charge in [-0.3, -0.25) is 4.79 Å². The summed E-state index contributed by atoms with van der Waals surface area (Å²) in [5, 5.41) is 6.29. The minimum atomic E-state index is -0.211. The van der Waals surface area contributed by atoms with Crippen molar-refractivity contribution in [2.24, 2.45) is 0 Å². The molecular formula is C25H27BrN2O3. The number of aryl methyl sites for hydroxylation is 2. The van der Waals surface area contributed by atoms with E-state index in [4.69, 9.17) is 9.47 Å². The first-order chi connectivity index (χ1) is 14.9. The molecule has 0 saturated heterocycles. The van der Waals surface area contributed by atoms with Crippen LogP contribution in [0.5, 0.6) is 11.5 Å². The van der Waals surface area contributed by atoms with E-state index < -0.39 is 0 Å². The fourth-order valence-corrected chi connectivity index (χ4v) is 3.29. The largest absolute Gasteiger partial charge is 0.490 e. The summed E-state index contributed by atoms with van der Waals surface area (Å²) in [5.41, 5.74) is 4.99. The standard InChI is InChI=1S/C25H27BrN2O3/c1-4-30-24-14-19(15-27-21-10-8-20(26)9-11-21)7-12-23(24)31-16-25(29)28-22-13-17(2)5-6-18(22)3/h5-14,27H,4,15-16H2,1-3H3,(H,28,29). The van der Waals surface area contributed by atoms with E-state index in [2.05, 4.69) is 26.6 Å². The third-order valence-corrected chi connectivity index (χ3v) is 5.20. The van der Waals surface area contributed by atoms with Gasteiger partial charge in [0.1, 0.15) is 0 Å². The van der Waals surface area contributed by atoms with Gasteiger partial charge in [0.05, 0.1) is 6.61 Å². The van der Waals surface area contributed by atoms with Gasteiger partial charge in [-0.1, -0.05) is 34.1 Å². The van der Waals surface area contributed by atoms with Crippen LogP contribution in [0.4, 0.5) is 11.4 Å². The molecule has 0 aromatic heterocycles. The topological polar surface area (TPSA) is 59.6 Å². The summed E-state index contributed by atoms with van der Waals surface area (Å²) in [6.07, 6.45) is 0. The highest BCUT2D eigenvalue weighted by Crippen LogP contribution is 2.29. The van der Waals surface area contributed by atoms with Gasteiger partial charge in [-0.25, -0.2) is 0 Å². The summed E-state index contributed by atoms with van der Waals surface area (Å²) in [5.74, 6) is 0.958. The third-order valence-electron chi connectivity index (χ3n) is 4.67. The smallest absolute Gasteiger partial charge is 0.262 e. The molecule has 2 N–H and O–H groups in total. The molecule has 0 aliphatic carbocycles. The molecule has 0 radical (unpaired) electrons. The Balaban J connectivity index is 1.61. The second-order valence-corrected chi connectivity index (χ2v) is 8.15. The van der Waals surface area contributed by atoms with Gasteiger partial charge in [0.2, 0.25) is 0 Å². The molecule has 162 valence electrons. The molecule has 31 heavy (non-hydrogen) atoms. The van der Waals surface area contributed by atoms with E-state index in [1.54, 1.807) is 0 Å². The first-order valence-corrected chi connectivity index (χ1v) is 11.0. The number of carbonyl (C=O) groups is 1. The van der Waals surface area contributed by atoms with Crippen LogP contribution in [0.15, 0.2) is 65.1 Å². The van der Waals surface area contributed by atoms with Crippen molar-refractivity contribution >= 4 is 33.2 Å². The first-order valence-electron chi connectivity index (χ1n) is 10.2. The van der Waals surface area contributed by atoms with Crippen LogP contribution in [0, 0.1) is 13.8 Å². The number of rotatable bonds is 9. The van der Waals surface area contributed by atoms with Gasteiger partial charge in [0.15, 0.2) is 18.1 Å². The zero-order valence-corrected chi connectivity index (χ0v) is 19.6. The molecule has 0 spiro atoms. The van der Waals surface area contributed by atoms with Crippen LogP contribution in [-0.2, 0) is 11.3 Å². The Hall–Kier alpha value is -2.99. The zero-order valence-electron chi connectivity index (χ0n) is 18.0. The van der Waals surface area contributed by atoms with Crippen molar-refractivity contribution in [3.63, 3.8) is 0 Å². The Morgan fingerprint density at radius 1 is 0.935 bits per heavy atom. The molecule has 6 heteroatoms. The SMILES string of the molecule is CCOc1cc(CNc2ccc(Br)cc2)ccc1OCC(=O)Nc1cc(C)ccc1C. The number of hydrogen-bond donors (Lipinski definition) is 2. The lowest BCUT2D eigenvalue weighted by Crippen LogP contribution is -2.21. The summed E-state index contributed by atoms with van der Waals surface area (Å²) in [7, 11) is 0. The molecule has 0 heterocycles. The van der Waals surface area contributed by atoms with Crippen molar-refractivity contribution in [2.75, 3.05) is 23.8 Å². The second kappa shape index (κ2) is 10.9. The predicted molar refractivity (Wildman–Crippen MR) is 129 cm³/mol. The van der Waals surface area contributed by atoms with Crippen molar-refractivity contribution in [3.8, 4) is 11.5 Å². The zero-order chi connectivity index (χ0) is 22.2. The van der Waals surface area contributed by atoms with E-state index in [9.17, 15) is 4.79 Å². The summed E-state index contributed by atoms with van der Waals surface area (Å²) >= 11 is 3.44. The number of benzene rings is 3. The minimum absolute atomic E-state index is 0.0933. The molecule has 3 aromatic rings. The highest BCUT2D eigenvalue weighted by molar-refractivity contribution is 9.10. The minimum Gasteiger partial charge on any atom is -0.490 e. The van der Waals surface area contributed by atoms with Crippen LogP contribution in [0.25, 0.3) is 0 Å². The lowest BCUT2D eigenvalue weighted by Gasteiger charge is -2.15. The van der Waals surface area contributed by atoms with E-state index in [-0.39, 0.29) is 12.5 Å². The summed E-state index contributed by atoms with van der Waals surface area (Å²) in [4.78, 5) is 12.4. The van der Waals surface area contributed by atoms with Crippen molar-refractivity contribution in [1.29, 1.82) is 0 Å². The highest BCUT2D eigenvalue weighted by Gasteiger charge is 2.11. The van der Waals surface area contributed by atoms with Crippen molar-refractivity contribution < 1.29 is 14.3 Å². The molecule has 0 fully saturated rings. The summed E-state index contributed by atoms with van der Waals surface area (Å²) in [6.45, 7) is 6.94. The number of halogens is 1. The first kappa shape index (κ1) is 22.7. The Bertz CT molecular complexity index is 1040. The maximum Gasteiger partial charge on any atom is 0.262 e. The number of hydrogen-bond acceptors (Lipinski definition) is 4. The van der Waals surface area contributed by atoms with Gasteiger partial charge in [-0.2, -0.15) is 0 Å². The number of ether oxygens (including phenoxy) is 2. The quantitative estimate of drug-likeness (QED) is 0.387. The Labute approximate surface area is 191 Å². The monoisotopic (exact) mass is 482 g/mol. The Kier molecular flexibility index (Phi) is 7.95. The van der Waals surface area contributed by atoms with Gasteiger partial charge in [0, 0.05) is 22.4 Å². The maximum atomic E-state index is 12.4. The van der Waals surface area contributed by atoms with E-state index in [1.807, 2.05) is 81.4 Å². The van der Waals surface area contributed by atoms with Crippen molar-refractivity contribution in [1.82, 2.24) is 0 Å². The van der Waals surface area contributed by atoms with Gasteiger partial charge < -0.3 is 20.1 Å². The van der Waals surface area contributed by atoms with Crippen LogP contribution < -0.4 is 20.1 Å². The van der Waals surface area contributed by atoms with Gasteiger partial charge in [0.25, 0.3) is 5.91 Å². The maximum absolute atomic E-state index is 12.4. The molecule has 0 unspecified atom stereocenters. The van der Waals surface area contributed by atoms with Crippen LogP contribution >= 0.6 is 15.9 Å². The van der Waals surface area contributed by atoms with Crippen LogP contribution in [0.3, 0.4) is 0 Å². The van der Waals surface area contributed by atoms with E-state index in [1.165, 1.54) is 0 Å². The molecular weight excluding hydrogens is 456 g/mol. The molecule has 3 rings (SSSR count). The average Bonchev–Trinajstić information content (AvgIpc) is 2.75. The number of carbonyl (C=O) groups excluding carboxylic acids is 1. The predicted octanol–water partition coefficient (Wildman–Crippen LogP) is 6.09. The van der Waals surface area contributed by atoms with Crippen LogP contribution in [-0.4, -0.2) is 19.1 Å². The number of amides is 1. The number of anilines is 2. The molecule has 0 atom stereocenters. The molecule has 0 aliphatic heterocycles. The third kappa shape index (κ3) is 6.76. The molecule has 3 aromatic carbocycles. The average molecular weight is 483 g/mol. The van der Waals surface area contributed by atoms with Gasteiger partial charge in [-0.05, 0) is 79.9 Å². The second-order valence-electron chi connectivity index (χ2n) is 7.23.